The molecule has 1 aromatic carbocycles. The Bertz CT molecular complexity index is 431. The van der Waals surface area contributed by atoms with E-state index >= 15 is 0 Å². The molecule has 4 heteroatoms. The van der Waals surface area contributed by atoms with Crippen molar-refractivity contribution in [2.45, 2.75) is 32.9 Å². The second-order valence-electron chi connectivity index (χ2n) is 6.29. The Labute approximate surface area is 121 Å². The molecule has 0 atom stereocenters. The average molecular weight is 275 g/mol. The topological polar surface area (TPSA) is 35.6 Å². The molecule has 1 heterocycles. The quantitative estimate of drug-likeness (QED) is 0.899. The van der Waals surface area contributed by atoms with Gasteiger partial charge in [0.2, 0.25) is 0 Å². The highest BCUT2D eigenvalue weighted by molar-refractivity contribution is 5.74. The molecule has 2 rings (SSSR count). The first-order valence-electron chi connectivity index (χ1n) is 7.28. The molecular formula is C16H25N3O. The van der Waals surface area contributed by atoms with Crippen molar-refractivity contribution in [3.8, 4) is 0 Å². The largest absolute Gasteiger partial charge is 0.334 e. The molecule has 4 nitrogen and oxygen atoms in total. The van der Waals surface area contributed by atoms with Gasteiger partial charge in [-0.1, -0.05) is 30.3 Å². The normalized spacial score (nSPS) is 17.1. The maximum Gasteiger partial charge on any atom is 0.317 e. The fraction of sp³-hybridized carbons (Fsp3) is 0.562. The van der Waals surface area contributed by atoms with E-state index in [0.717, 1.165) is 31.7 Å². The van der Waals surface area contributed by atoms with Crippen LogP contribution < -0.4 is 5.32 Å². The minimum Gasteiger partial charge on any atom is -0.334 e. The molecule has 0 radical (unpaired) electrons. The van der Waals surface area contributed by atoms with Crippen molar-refractivity contribution in [2.24, 2.45) is 0 Å². The number of hydrogen-bond donors (Lipinski definition) is 1. The molecule has 110 valence electrons. The lowest BCUT2D eigenvalue weighted by Crippen LogP contribution is -2.56. The molecule has 0 saturated carbocycles. The summed E-state index contributed by atoms with van der Waals surface area (Å²) in [5.74, 6) is 0. The van der Waals surface area contributed by atoms with E-state index in [2.05, 4.69) is 31.0 Å². The summed E-state index contributed by atoms with van der Waals surface area (Å²) in [6.45, 7) is 10.8. The molecule has 1 saturated heterocycles. The van der Waals surface area contributed by atoms with Crippen LogP contribution in [-0.4, -0.2) is 47.5 Å². The van der Waals surface area contributed by atoms with Crippen molar-refractivity contribution in [3.63, 3.8) is 0 Å². The Morgan fingerprint density at radius 2 is 1.70 bits per heavy atom. The maximum absolute atomic E-state index is 12.1. The molecule has 1 N–H and O–H groups in total. The van der Waals surface area contributed by atoms with Crippen LogP contribution in [-0.2, 0) is 6.54 Å². The van der Waals surface area contributed by atoms with Crippen LogP contribution >= 0.6 is 0 Å². The molecule has 0 aromatic heterocycles. The molecule has 1 aliphatic heterocycles. The van der Waals surface area contributed by atoms with E-state index in [1.807, 2.05) is 35.2 Å². The van der Waals surface area contributed by atoms with Gasteiger partial charge in [-0.15, -0.1) is 0 Å². The van der Waals surface area contributed by atoms with Gasteiger partial charge in [-0.3, -0.25) is 4.90 Å². The van der Waals surface area contributed by atoms with Gasteiger partial charge in [-0.25, -0.2) is 4.79 Å². The Morgan fingerprint density at radius 1 is 1.10 bits per heavy atom. The zero-order valence-corrected chi connectivity index (χ0v) is 12.7. The molecule has 0 unspecified atom stereocenters. The Kier molecular flexibility index (Phi) is 4.65. The van der Waals surface area contributed by atoms with Crippen molar-refractivity contribution in [3.05, 3.63) is 35.9 Å². The standard InChI is InChI=1S/C16H25N3O/c1-16(2,3)19-11-9-18(10-12-19)15(20)17-13-14-7-5-4-6-8-14/h4-8H,9-13H2,1-3H3,(H,17,20). The van der Waals surface area contributed by atoms with E-state index in [4.69, 9.17) is 0 Å². The predicted octanol–water partition coefficient (Wildman–Crippen LogP) is 2.31. The van der Waals surface area contributed by atoms with Gasteiger partial charge < -0.3 is 10.2 Å². The van der Waals surface area contributed by atoms with Crippen molar-refractivity contribution in [1.29, 1.82) is 0 Å². The van der Waals surface area contributed by atoms with Crippen LogP contribution in [0.25, 0.3) is 0 Å². The lowest BCUT2D eigenvalue weighted by molar-refractivity contribution is 0.0742. The molecule has 2 amide bonds. The van der Waals surface area contributed by atoms with Crippen LogP contribution in [0.15, 0.2) is 30.3 Å². The molecule has 1 fully saturated rings. The molecule has 0 aliphatic carbocycles. The third kappa shape index (κ3) is 3.97. The van der Waals surface area contributed by atoms with Gasteiger partial charge in [0.15, 0.2) is 0 Å². The van der Waals surface area contributed by atoms with Crippen LogP contribution in [0.2, 0.25) is 0 Å². The third-order valence-electron chi connectivity index (χ3n) is 3.80. The zero-order chi connectivity index (χ0) is 14.6. The number of nitrogens with one attached hydrogen (secondary N) is 1. The van der Waals surface area contributed by atoms with E-state index in [1.54, 1.807) is 0 Å². The van der Waals surface area contributed by atoms with Gasteiger partial charge in [0.05, 0.1) is 0 Å². The number of carbonyl (C=O) groups is 1. The maximum atomic E-state index is 12.1. The molecule has 0 bridgehead atoms. The zero-order valence-electron chi connectivity index (χ0n) is 12.7. The molecule has 1 aliphatic rings. The first-order valence-corrected chi connectivity index (χ1v) is 7.28. The molecule has 20 heavy (non-hydrogen) atoms. The highest BCUT2D eigenvalue weighted by atomic mass is 16.2. The van der Waals surface area contributed by atoms with E-state index in [0.29, 0.717) is 6.54 Å². The van der Waals surface area contributed by atoms with Crippen molar-refractivity contribution in [2.75, 3.05) is 26.2 Å². The van der Waals surface area contributed by atoms with Crippen LogP contribution in [0.3, 0.4) is 0 Å². The lowest BCUT2D eigenvalue weighted by Gasteiger charge is -2.42. The van der Waals surface area contributed by atoms with Gasteiger partial charge >= 0.3 is 6.03 Å². The smallest absolute Gasteiger partial charge is 0.317 e. The van der Waals surface area contributed by atoms with Gasteiger partial charge in [0.25, 0.3) is 0 Å². The van der Waals surface area contributed by atoms with Crippen molar-refractivity contribution in [1.82, 2.24) is 15.1 Å². The summed E-state index contributed by atoms with van der Waals surface area (Å²) in [6.07, 6.45) is 0. The SMILES string of the molecule is CC(C)(C)N1CCN(C(=O)NCc2ccccc2)CC1. The van der Waals surface area contributed by atoms with Crippen LogP contribution in [0, 0.1) is 0 Å². The third-order valence-corrected chi connectivity index (χ3v) is 3.80. The number of amides is 2. The summed E-state index contributed by atoms with van der Waals surface area (Å²) in [6, 6.07) is 10.1. The summed E-state index contributed by atoms with van der Waals surface area (Å²) in [4.78, 5) is 16.5. The Hall–Kier alpha value is -1.55. The highest BCUT2D eigenvalue weighted by Crippen LogP contribution is 2.15. The first kappa shape index (κ1) is 14.9. The first-order chi connectivity index (χ1) is 9.47. The van der Waals surface area contributed by atoms with Gasteiger partial charge in [-0.05, 0) is 26.3 Å². The van der Waals surface area contributed by atoms with Gasteiger partial charge in [0, 0.05) is 38.3 Å². The monoisotopic (exact) mass is 275 g/mol. The van der Waals surface area contributed by atoms with E-state index in [1.165, 1.54) is 0 Å². The van der Waals surface area contributed by atoms with Crippen LogP contribution in [0.1, 0.15) is 26.3 Å². The minimum atomic E-state index is 0.0439. The number of rotatable bonds is 2. The van der Waals surface area contributed by atoms with E-state index in [-0.39, 0.29) is 11.6 Å². The van der Waals surface area contributed by atoms with E-state index in [9.17, 15) is 4.79 Å². The molecule has 0 spiro atoms. The molecule has 1 aromatic rings. The molecular weight excluding hydrogens is 250 g/mol. The summed E-state index contributed by atoms with van der Waals surface area (Å²) in [5, 5.41) is 2.99. The predicted molar refractivity (Wildman–Crippen MR) is 81.6 cm³/mol. The number of hydrogen-bond acceptors (Lipinski definition) is 2. The second-order valence-corrected chi connectivity index (χ2v) is 6.29. The second kappa shape index (κ2) is 6.27. The number of nitrogens with zero attached hydrogens (tertiary/aromatic N) is 2. The number of benzene rings is 1. The summed E-state index contributed by atoms with van der Waals surface area (Å²) in [7, 11) is 0. The summed E-state index contributed by atoms with van der Waals surface area (Å²) < 4.78 is 0. The Morgan fingerprint density at radius 3 is 2.25 bits per heavy atom. The summed E-state index contributed by atoms with van der Waals surface area (Å²) in [5.41, 5.74) is 1.32. The minimum absolute atomic E-state index is 0.0439. The lowest BCUT2D eigenvalue weighted by atomic mass is 10.1. The fourth-order valence-electron chi connectivity index (χ4n) is 2.47. The number of carbonyl (C=O) groups excluding carboxylic acids is 1. The number of piperazine rings is 1. The van der Waals surface area contributed by atoms with E-state index < -0.39 is 0 Å². The van der Waals surface area contributed by atoms with Gasteiger partial charge in [-0.2, -0.15) is 0 Å². The average Bonchev–Trinajstić information content (AvgIpc) is 2.45. The fourth-order valence-corrected chi connectivity index (χ4v) is 2.47. The number of urea groups is 1. The van der Waals surface area contributed by atoms with Crippen LogP contribution in [0.4, 0.5) is 4.79 Å². The van der Waals surface area contributed by atoms with Crippen molar-refractivity contribution < 1.29 is 4.79 Å². The van der Waals surface area contributed by atoms with Crippen molar-refractivity contribution >= 4 is 6.03 Å². The van der Waals surface area contributed by atoms with Gasteiger partial charge in [0.1, 0.15) is 0 Å². The highest BCUT2D eigenvalue weighted by Gasteiger charge is 2.27. The van der Waals surface area contributed by atoms with Crippen LogP contribution in [0.5, 0.6) is 0 Å². The summed E-state index contributed by atoms with van der Waals surface area (Å²) >= 11 is 0. The Balaban J connectivity index is 1.78.